The highest BCUT2D eigenvalue weighted by molar-refractivity contribution is 5.77. The number of carbonyl (C=O) groups is 1. The molecular formula is C47H76O20. The van der Waals surface area contributed by atoms with Crippen LogP contribution in [0.3, 0.4) is 0 Å². The van der Waals surface area contributed by atoms with Gasteiger partial charge in [-0.2, -0.15) is 0 Å². The lowest BCUT2D eigenvalue weighted by atomic mass is 9.33. The van der Waals surface area contributed by atoms with Crippen molar-refractivity contribution < 1.29 is 99.6 Å². The van der Waals surface area contributed by atoms with Crippen molar-refractivity contribution in [3.8, 4) is 0 Å². The molecule has 0 amide bonds. The normalized spacial score (nSPS) is 54.8. The van der Waals surface area contributed by atoms with E-state index in [1.54, 1.807) is 0 Å². The number of hydrogen-bond donors (Lipinski definition) is 13. The molecule has 0 aromatic rings. The SMILES string of the molecule is CC1(C)CC2C3=CCC4C5(C)CC(OC6OC(CO)C(O)C6O)C(OC6OC(CO)C(O)C(O)C6O)C(C)(C)C5CCC4(C)C3(C)C(O)CC2(C(=O)O)CC1OC1OC(CO)C(O)C(O)C1O. The van der Waals surface area contributed by atoms with E-state index in [1.807, 2.05) is 34.6 Å². The molecule has 8 aliphatic rings. The fourth-order valence-electron chi connectivity index (χ4n) is 15.2. The van der Waals surface area contributed by atoms with E-state index in [9.17, 15) is 71.2 Å². The average molecular weight is 961 g/mol. The summed E-state index contributed by atoms with van der Waals surface area (Å²) in [4.78, 5) is 13.8. The van der Waals surface area contributed by atoms with Crippen molar-refractivity contribution in [1.29, 1.82) is 0 Å². The van der Waals surface area contributed by atoms with Crippen LogP contribution < -0.4 is 0 Å². The Morgan fingerprint density at radius 1 is 0.627 bits per heavy atom. The van der Waals surface area contributed by atoms with E-state index >= 15 is 0 Å². The van der Waals surface area contributed by atoms with Gasteiger partial charge in [-0.1, -0.05) is 60.1 Å². The molecule has 0 spiro atoms. The summed E-state index contributed by atoms with van der Waals surface area (Å²) in [5, 5.41) is 140. The van der Waals surface area contributed by atoms with Crippen LogP contribution in [0.25, 0.3) is 0 Å². The lowest BCUT2D eigenvalue weighted by Crippen LogP contribution is -2.71. The maximum atomic E-state index is 13.8. The topological polar surface area (TPSA) is 335 Å². The molecule has 4 saturated carbocycles. The monoisotopic (exact) mass is 960 g/mol. The predicted octanol–water partition coefficient (Wildman–Crippen LogP) is -1.74. The molecule has 25 unspecified atom stereocenters. The quantitative estimate of drug-likeness (QED) is 0.0854. The maximum absolute atomic E-state index is 13.8. The Balaban J connectivity index is 1.14. The minimum atomic E-state index is -1.72. The Kier molecular flexibility index (Phi) is 13.9. The fourth-order valence-corrected chi connectivity index (χ4v) is 15.2. The minimum Gasteiger partial charge on any atom is -0.481 e. The average Bonchev–Trinajstić information content (AvgIpc) is 3.53. The van der Waals surface area contributed by atoms with Gasteiger partial charge in [0.25, 0.3) is 0 Å². The smallest absolute Gasteiger partial charge is 0.310 e. The van der Waals surface area contributed by atoms with E-state index in [0.29, 0.717) is 25.7 Å². The first-order valence-electron chi connectivity index (χ1n) is 24.0. The molecule has 8 rings (SSSR count). The van der Waals surface area contributed by atoms with E-state index in [-0.39, 0.29) is 31.1 Å². The molecule has 5 aliphatic carbocycles. The molecule has 0 bridgehead atoms. The van der Waals surface area contributed by atoms with Gasteiger partial charge in [-0.3, -0.25) is 4.79 Å². The molecular weight excluding hydrogens is 884 g/mol. The summed E-state index contributed by atoms with van der Waals surface area (Å²) in [6.07, 6.45) is -20.8. The zero-order valence-electron chi connectivity index (χ0n) is 39.4. The summed E-state index contributed by atoms with van der Waals surface area (Å²) in [6.45, 7) is 12.3. The summed E-state index contributed by atoms with van der Waals surface area (Å²) in [5.74, 6) is -1.95. The van der Waals surface area contributed by atoms with E-state index < -0.39 is 175 Å². The molecule has 20 heteroatoms. The summed E-state index contributed by atoms with van der Waals surface area (Å²) in [5.41, 5.74) is -4.45. The summed E-state index contributed by atoms with van der Waals surface area (Å²) < 4.78 is 37.0. The number of aliphatic hydroxyl groups is 12. The zero-order chi connectivity index (χ0) is 49.3. The summed E-state index contributed by atoms with van der Waals surface area (Å²) >= 11 is 0. The van der Waals surface area contributed by atoms with Crippen molar-refractivity contribution >= 4 is 5.97 Å². The number of aliphatic hydroxyl groups excluding tert-OH is 12. The Labute approximate surface area is 390 Å². The first kappa shape index (κ1) is 51.8. The number of carboxylic acid groups (broad SMARTS) is 1. The van der Waals surface area contributed by atoms with Gasteiger partial charge in [0.15, 0.2) is 18.9 Å². The number of aliphatic carboxylic acids is 1. The van der Waals surface area contributed by atoms with Crippen molar-refractivity contribution in [1.82, 2.24) is 0 Å². The van der Waals surface area contributed by atoms with Crippen molar-refractivity contribution in [2.75, 3.05) is 19.8 Å². The highest BCUT2D eigenvalue weighted by Crippen LogP contribution is 2.76. The number of fused-ring (bicyclic) bond motifs is 7. The van der Waals surface area contributed by atoms with Crippen LogP contribution in [0.2, 0.25) is 0 Å². The van der Waals surface area contributed by atoms with Crippen LogP contribution in [-0.2, 0) is 33.2 Å². The van der Waals surface area contributed by atoms with Gasteiger partial charge in [0.1, 0.15) is 67.1 Å². The summed E-state index contributed by atoms with van der Waals surface area (Å²) in [7, 11) is 0. The van der Waals surface area contributed by atoms with Gasteiger partial charge in [0.2, 0.25) is 0 Å². The fraction of sp³-hybridized carbons (Fsp3) is 0.936. The van der Waals surface area contributed by atoms with Crippen molar-refractivity contribution in [2.45, 2.75) is 204 Å². The first-order chi connectivity index (χ1) is 31.2. The molecule has 67 heavy (non-hydrogen) atoms. The Morgan fingerprint density at radius 3 is 1.64 bits per heavy atom. The molecule has 0 radical (unpaired) electrons. The van der Waals surface area contributed by atoms with Crippen LogP contribution in [0, 0.1) is 50.2 Å². The van der Waals surface area contributed by atoms with Crippen LogP contribution in [0.1, 0.15) is 93.4 Å². The maximum Gasteiger partial charge on any atom is 0.310 e. The van der Waals surface area contributed by atoms with Crippen LogP contribution >= 0.6 is 0 Å². The van der Waals surface area contributed by atoms with Gasteiger partial charge < -0.3 is 94.8 Å². The van der Waals surface area contributed by atoms with Crippen molar-refractivity contribution in [2.24, 2.45) is 50.2 Å². The molecule has 3 saturated heterocycles. The standard InChI is InChI=1S/C47H76O20/c1-42(2)12-20-19-8-9-26-44(5)13-21(62-38-34(57)31(54)24(18-50)63-38)37(67-40-36(59)33(56)30(53)23(17-49)65-40)43(3,4)25(44)10-11-45(26,6)46(19,7)27(51)14-47(20,41(60)61)15-28(42)66-39-35(58)32(55)29(52)22(16-48)64-39/h8,20-40,48-59H,9-18H2,1-7H3,(H,60,61). The lowest BCUT2D eigenvalue weighted by Gasteiger charge is -2.72. The Bertz CT molecular complexity index is 1850. The predicted molar refractivity (Wildman–Crippen MR) is 229 cm³/mol. The first-order valence-corrected chi connectivity index (χ1v) is 24.0. The van der Waals surface area contributed by atoms with Gasteiger partial charge in [0, 0.05) is 5.41 Å². The molecule has 0 aromatic carbocycles. The van der Waals surface area contributed by atoms with Crippen LogP contribution in [0.4, 0.5) is 0 Å². The number of allylic oxidation sites excluding steroid dienone is 1. The van der Waals surface area contributed by atoms with Crippen LogP contribution in [0.5, 0.6) is 0 Å². The molecule has 7 fully saturated rings. The molecule has 20 nitrogen and oxygen atoms in total. The highest BCUT2D eigenvalue weighted by Gasteiger charge is 2.74. The largest absolute Gasteiger partial charge is 0.481 e. The van der Waals surface area contributed by atoms with E-state index in [4.69, 9.17) is 28.4 Å². The van der Waals surface area contributed by atoms with Gasteiger partial charge in [0.05, 0.1) is 49.7 Å². The third-order valence-corrected chi connectivity index (χ3v) is 19.2. The second kappa shape index (κ2) is 17.9. The van der Waals surface area contributed by atoms with Gasteiger partial charge >= 0.3 is 5.97 Å². The number of rotatable bonds is 10. The van der Waals surface area contributed by atoms with Gasteiger partial charge in [-0.15, -0.1) is 0 Å². The Hall–Kier alpha value is -1.51. The van der Waals surface area contributed by atoms with Gasteiger partial charge in [-0.25, -0.2) is 0 Å². The third kappa shape index (κ3) is 7.73. The third-order valence-electron chi connectivity index (χ3n) is 19.2. The molecule has 3 heterocycles. The lowest BCUT2D eigenvalue weighted by molar-refractivity contribution is -0.353. The van der Waals surface area contributed by atoms with E-state index in [2.05, 4.69) is 19.9 Å². The number of carboxylic acids is 1. The molecule has 25 atom stereocenters. The van der Waals surface area contributed by atoms with E-state index in [1.165, 1.54) is 0 Å². The second-order valence-corrected chi connectivity index (χ2v) is 23.3. The second-order valence-electron chi connectivity index (χ2n) is 23.3. The molecule has 13 N–H and O–H groups in total. The minimum absolute atomic E-state index is 0.0661. The molecule has 3 aliphatic heterocycles. The zero-order valence-corrected chi connectivity index (χ0v) is 39.4. The van der Waals surface area contributed by atoms with Crippen molar-refractivity contribution in [3.05, 3.63) is 11.6 Å². The van der Waals surface area contributed by atoms with Crippen LogP contribution in [0.15, 0.2) is 11.6 Å². The number of hydrogen-bond acceptors (Lipinski definition) is 19. The Morgan fingerprint density at radius 2 is 1.12 bits per heavy atom. The number of ether oxygens (including phenoxy) is 6. The highest BCUT2D eigenvalue weighted by atomic mass is 16.7. The molecule has 0 aromatic heterocycles. The van der Waals surface area contributed by atoms with Crippen molar-refractivity contribution in [3.63, 3.8) is 0 Å². The van der Waals surface area contributed by atoms with E-state index in [0.717, 1.165) is 5.57 Å². The van der Waals surface area contributed by atoms with Gasteiger partial charge in [-0.05, 0) is 84.4 Å². The molecule has 384 valence electrons. The van der Waals surface area contributed by atoms with Crippen LogP contribution in [-0.4, -0.2) is 203 Å². The summed E-state index contributed by atoms with van der Waals surface area (Å²) in [6, 6.07) is 0.